The second kappa shape index (κ2) is 6.46. The Morgan fingerprint density at radius 3 is 2.88 bits per heavy atom. The number of aromatic nitrogens is 2. The number of carboxylic acids is 1. The predicted octanol–water partition coefficient (Wildman–Crippen LogP) is -0.692. The van der Waals surface area contributed by atoms with E-state index in [0.717, 1.165) is 0 Å². The van der Waals surface area contributed by atoms with Crippen molar-refractivity contribution in [2.45, 2.75) is 0 Å². The molecule has 0 saturated carbocycles. The number of ether oxygens (including phenoxy) is 1. The maximum absolute atomic E-state index is 11.4. The minimum absolute atomic E-state index is 0.149. The highest BCUT2D eigenvalue weighted by molar-refractivity contribution is 5.93. The molecule has 1 rings (SSSR count). The third kappa shape index (κ3) is 4.47. The lowest BCUT2D eigenvalue weighted by molar-refractivity contribution is -0.142. The van der Waals surface area contributed by atoms with Gasteiger partial charge in [-0.1, -0.05) is 0 Å². The summed E-state index contributed by atoms with van der Waals surface area (Å²) < 4.78 is 4.74. The summed E-state index contributed by atoms with van der Waals surface area (Å²) in [5.74, 6) is -1.33. The molecule has 7 nitrogen and oxygen atoms in total. The molecule has 7 heteroatoms. The van der Waals surface area contributed by atoms with Crippen molar-refractivity contribution in [3.8, 4) is 0 Å². The molecular weight excluding hydrogens is 214 g/mol. The highest BCUT2D eigenvalue weighted by atomic mass is 16.5. The summed E-state index contributed by atoms with van der Waals surface area (Å²) in [5.41, 5.74) is 0.397. The van der Waals surface area contributed by atoms with Crippen LogP contribution >= 0.6 is 0 Å². The maximum atomic E-state index is 11.4. The first-order valence-corrected chi connectivity index (χ1v) is 4.54. The van der Waals surface area contributed by atoms with Crippen LogP contribution in [0.2, 0.25) is 0 Å². The molecule has 0 aliphatic heterocycles. The quantitative estimate of drug-likeness (QED) is 0.621. The van der Waals surface area contributed by atoms with E-state index in [1.807, 2.05) is 0 Å². The first kappa shape index (κ1) is 12.1. The van der Waals surface area contributed by atoms with Crippen LogP contribution in [-0.4, -0.2) is 46.9 Å². The van der Waals surface area contributed by atoms with E-state index in [1.54, 1.807) is 0 Å². The zero-order valence-electron chi connectivity index (χ0n) is 8.42. The summed E-state index contributed by atoms with van der Waals surface area (Å²) in [4.78, 5) is 21.5. The van der Waals surface area contributed by atoms with Crippen LogP contribution in [0.5, 0.6) is 0 Å². The highest BCUT2D eigenvalue weighted by Crippen LogP contribution is 1.92. The Morgan fingerprint density at radius 2 is 2.25 bits per heavy atom. The highest BCUT2D eigenvalue weighted by Gasteiger charge is 2.04. The number of carboxylic acid groups (broad SMARTS) is 1. The van der Waals surface area contributed by atoms with Crippen LogP contribution in [0.4, 0.5) is 0 Å². The lowest BCUT2D eigenvalue weighted by Gasteiger charge is -2.04. The molecule has 0 aliphatic rings. The van der Waals surface area contributed by atoms with E-state index in [4.69, 9.17) is 9.84 Å². The lowest BCUT2D eigenvalue weighted by atomic mass is 10.3. The Morgan fingerprint density at radius 1 is 1.44 bits per heavy atom. The molecule has 0 bridgehead atoms. The normalized spacial score (nSPS) is 9.75. The number of aliphatic carboxylic acids is 1. The van der Waals surface area contributed by atoms with Crippen molar-refractivity contribution in [2.75, 3.05) is 19.8 Å². The second-order valence-corrected chi connectivity index (χ2v) is 2.83. The number of carbonyl (C=O) groups excluding carboxylic acids is 1. The summed E-state index contributed by atoms with van der Waals surface area (Å²) in [5, 5.41) is 17.9. The second-order valence-electron chi connectivity index (χ2n) is 2.83. The Kier molecular flexibility index (Phi) is 4.87. The van der Waals surface area contributed by atoms with E-state index in [-0.39, 0.29) is 25.7 Å². The van der Waals surface area contributed by atoms with Gasteiger partial charge in [-0.05, 0) is 6.07 Å². The minimum atomic E-state index is -1.04. The maximum Gasteiger partial charge on any atom is 0.329 e. The van der Waals surface area contributed by atoms with Crippen molar-refractivity contribution in [2.24, 2.45) is 0 Å². The molecule has 1 heterocycles. The summed E-state index contributed by atoms with van der Waals surface area (Å²) >= 11 is 0. The third-order valence-corrected chi connectivity index (χ3v) is 1.60. The van der Waals surface area contributed by atoms with Crippen molar-refractivity contribution in [3.05, 3.63) is 24.0 Å². The van der Waals surface area contributed by atoms with Gasteiger partial charge in [-0.15, -0.1) is 0 Å². The molecule has 0 atom stereocenters. The van der Waals surface area contributed by atoms with Crippen LogP contribution in [-0.2, 0) is 9.53 Å². The Hall–Kier alpha value is -2.02. The van der Waals surface area contributed by atoms with Crippen molar-refractivity contribution < 1.29 is 19.4 Å². The van der Waals surface area contributed by atoms with Crippen molar-refractivity contribution >= 4 is 11.9 Å². The molecule has 0 fully saturated rings. The van der Waals surface area contributed by atoms with Gasteiger partial charge in [0.25, 0.3) is 5.91 Å². The molecular formula is C9H11N3O4. The van der Waals surface area contributed by atoms with E-state index in [1.165, 1.54) is 18.5 Å². The number of carbonyl (C=O) groups is 2. The first-order valence-electron chi connectivity index (χ1n) is 4.54. The van der Waals surface area contributed by atoms with Crippen molar-refractivity contribution in [3.63, 3.8) is 0 Å². The van der Waals surface area contributed by atoms with Crippen LogP contribution in [0, 0.1) is 0 Å². The molecule has 16 heavy (non-hydrogen) atoms. The smallest absolute Gasteiger partial charge is 0.329 e. The Bertz CT molecular complexity index is 355. The predicted molar refractivity (Wildman–Crippen MR) is 52.8 cm³/mol. The summed E-state index contributed by atoms with van der Waals surface area (Å²) in [7, 11) is 0. The van der Waals surface area contributed by atoms with Gasteiger partial charge < -0.3 is 15.2 Å². The average Bonchev–Trinajstić information content (AvgIpc) is 2.29. The molecule has 0 saturated heterocycles. The standard InChI is InChI=1S/C9H11N3O4/c13-8(14)6-16-4-3-10-9(15)7-1-2-11-12-5-7/h1-2,5H,3-4,6H2,(H,10,15)(H,13,14). The Labute approximate surface area is 91.4 Å². The van der Waals surface area contributed by atoms with E-state index in [2.05, 4.69) is 15.5 Å². The number of nitrogens with one attached hydrogen (secondary N) is 1. The zero-order chi connectivity index (χ0) is 11.8. The SMILES string of the molecule is O=C(O)COCCNC(=O)c1ccnnc1. The van der Waals surface area contributed by atoms with Crippen molar-refractivity contribution in [1.29, 1.82) is 0 Å². The van der Waals surface area contributed by atoms with Crippen LogP contribution in [0.25, 0.3) is 0 Å². The number of rotatable bonds is 6. The average molecular weight is 225 g/mol. The number of hydrogen-bond acceptors (Lipinski definition) is 5. The molecule has 0 unspecified atom stereocenters. The van der Waals surface area contributed by atoms with E-state index in [9.17, 15) is 9.59 Å². The van der Waals surface area contributed by atoms with E-state index < -0.39 is 5.97 Å². The third-order valence-electron chi connectivity index (χ3n) is 1.60. The fourth-order valence-electron chi connectivity index (χ4n) is 0.923. The van der Waals surface area contributed by atoms with Crippen LogP contribution in [0.1, 0.15) is 10.4 Å². The zero-order valence-corrected chi connectivity index (χ0v) is 8.42. The van der Waals surface area contributed by atoms with Gasteiger partial charge in [0.05, 0.1) is 24.6 Å². The minimum Gasteiger partial charge on any atom is -0.480 e. The molecule has 86 valence electrons. The Balaban J connectivity index is 2.19. The molecule has 0 radical (unpaired) electrons. The van der Waals surface area contributed by atoms with Gasteiger partial charge in [0.15, 0.2) is 0 Å². The number of hydrogen-bond donors (Lipinski definition) is 2. The van der Waals surface area contributed by atoms with Crippen LogP contribution in [0.15, 0.2) is 18.5 Å². The first-order chi connectivity index (χ1) is 7.70. The van der Waals surface area contributed by atoms with Crippen LogP contribution < -0.4 is 5.32 Å². The van der Waals surface area contributed by atoms with Gasteiger partial charge in [-0.3, -0.25) is 4.79 Å². The van der Waals surface area contributed by atoms with Gasteiger partial charge in [0, 0.05) is 6.54 Å². The van der Waals surface area contributed by atoms with Crippen LogP contribution in [0.3, 0.4) is 0 Å². The molecule has 1 aromatic rings. The largest absolute Gasteiger partial charge is 0.480 e. The molecule has 0 aliphatic carbocycles. The summed E-state index contributed by atoms with van der Waals surface area (Å²) in [6, 6.07) is 1.53. The molecule has 1 aromatic heterocycles. The molecule has 0 aromatic carbocycles. The topological polar surface area (TPSA) is 101 Å². The lowest BCUT2D eigenvalue weighted by Crippen LogP contribution is -2.28. The molecule has 2 N–H and O–H groups in total. The van der Waals surface area contributed by atoms with Gasteiger partial charge in [-0.25, -0.2) is 4.79 Å². The summed E-state index contributed by atoms with van der Waals surface area (Å²) in [6.07, 6.45) is 2.75. The summed E-state index contributed by atoms with van der Waals surface area (Å²) in [6.45, 7) is 0.0255. The van der Waals surface area contributed by atoms with Crippen molar-refractivity contribution in [1.82, 2.24) is 15.5 Å². The fourth-order valence-corrected chi connectivity index (χ4v) is 0.923. The fraction of sp³-hybridized carbons (Fsp3) is 0.333. The van der Waals surface area contributed by atoms with Gasteiger partial charge >= 0.3 is 5.97 Å². The van der Waals surface area contributed by atoms with Gasteiger partial charge in [0.1, 0.15) is 6.61 Å². The van der Waals surface area contributed by atoms with Gasteiger partial charge in [0.2, 0.25) is 0 Å². The van der Waals surface area contributed by atoms with Gasteiger partial charge in [-0.2, -0.15) is 10.2 Å². The monoisotopic (exact) mass is 225 g/mol. The number of amides is 1. The number of nitrogens with zero attached hydrogens (tertiary/aromatic N) is 2. The molecule has 1 amide bonds. The molecule has 0 spiro atoms. The van der Waals surface area contributed by atoms with E-state index >= 15 is 0 Å². The van der Waals surface area contributed by atoms with E-state index in [0.29, 0.717) is 5.56 Å².